The summed E-state index contributed by atoms with van der Waals surface area (Å²) in [6.45, 7) is 7.70. The molecule has 0 saturated carbocycles. The summed E-state index contributed by atoms with van der Waals surface area (Å²) in [6, 6.07) is 12.2. The normalized spacial score (nSPS) is 13.8. The molecule has 1 aliphatic heterocycles. The van der Waals surface area contributed by atoms with Crippen LogP contribution in [0.5, 0.6) is 0 Å². The van der Waals surface area contributed by atoms with Crippen molar-refractivity contribution >= 4 is 33.3 Å². The Hall–Kier alpha value is -3.32. The summed E-state index contributed by atoms with van der Waals surface area (Å²) >= 11 is 0. The number of anilines is 2. The number of sulfonamides is 1. The van der Waals surface area contributed by atoms with Gasteiger partial charge in [0.2, 0.25) is 0 Å². The number of nitrogens with one attached hydrogen (secondary N) is 2. The lowest BCUT2D eigenvalue weighted by Crippen LogP contribution is -2.43. The highest BCUT2D eigenvalue weighted by atomic mass is 32.2. The van der Waals surface area contributed by atoms with Crippen LogP contribution in [-0.2, 0) is 14.8 Å². The molecule has 210 valence electrons. The van der Waals surface area contributed by atoms with Crippen LogP contribution in [0.3, 0.4) is 0 Å². The average molecular weight is 559 g/mol. The fraction of sp³-hybridized carbons (Fsp3) is 0.440. The minimum Gasteiger partial charge on any atom is -0.475 e. The summed E-state index contributed by atoms with van der Waals surface area (Å²) in [7, 11) is -2.02. The summed E-state index contributed by atoms with van der Waals surface area (Å²) in [6.07, 6.45) is -3.16. The Labute approximate surface area is 220 Å². The van der Waals surface area contributed by atoms with E-state index in [9.17, 15) is 26.4 Å². The van der Waals surface area contributed by atoms with Gasteiger partial charge in [-0.2, -0.15) is 13.2 Å². The molecule has 3 rings (SSSR count). The van der Waals surface area contributed by atoms with Gasteiger partial charge in [-0.25, -0.2) is 13.2 Å². The zero-order valence-corrected chi connectivity index (χ0v) is 22.3. The van der Waals surface area contributed by atoms with Crippen LogP contribution in [0, 0.1) is 6.92 Å². The number of amides is 1. The molecule has 0 spiro atoms. The fourth-order valence-corrected chi connectivity index (χ4v) is 5.02. The van der Waals surface area contributed by atoms with E-state index >= 15 is 0 Å². The first kappa shape index (κ1) is 30.9. The monoisotopic (exact) mass is 558 g/mol. The first-order valence-electron chi connectivity index (χ1n) is 12.0. The van der Waals surface area contributed by atoms with Crippen molar-refractivity contribution < 1.29 is 36.3 Å². The summed E-state index contributed by atoms with van der Waals surface area (Å²) in [5.41, 5.74) is 2.36. The van der Waals surface area contributed by atoms with E-state index < -0.39 is 22.2 Å². The summed E-state index contributed by atoms with van der Waals surface area (Å²) in [5.74, 6) is -2.87. The first-order valence-corrected chi connectivity index (χ1v) is 13.5. The molecule has 1 fully saturated rings. The Bertz CT molecular complexity index is 1220. The number of aryl methyl sites for hydroxylation is 1. The highest BCUT2D eigenvalue weighted by Gasteiger charge is 2.38. The lowest BCUT2D eigenvalue weighted by atomic mass is 10.1. The number of nitrogens with zero attached hydrogens (tertiary/aromatic N) is 2. The SMILES string of the molecule is CCCCN(C)C(=O)c1ccc(N2CCNCC2)c(NS(=O)(=O)c2ccccc2C)c1.O=C(O)C(F)(F)F. The number of piperazine rings is 1. The van der Waals surface area contributed by atoms with Crippen molar-refractivity contribution in [3.05, 3.63) is 53.6 Å². The molecular weight excluding hydrogens is 525 g/mol. The number of hydrogen-bond donors (Lipinski definition) is 3. The number of carboxylic acids is 1. The molecule has 1 saturated heterocycles. The Balaban J connectivity index is 0.000000638. The maximum absolute atomic E-state index is 13.2. The van der Waals surface area contributed by atoms with Crippen molar-refractivity contribution in [2.24, 2.45) is 0 Å². The van der Waals surface area contributed by atoms with E-state index in [2.05, 4.69) is 21.9 Å². The van der Waals surface area contributed by atoms with Gasteiger partial charge in [0.15, 0.2) is 0 Å². The number of hydrogen-bond acceptors (Lipinski definition) is 6. The van der Waals surface area contributed by atoms with Gasteiger partial charge in [0, 0.05) is 45.3 Å². The molecule has 0 radical (unpaired) electrons. The summed E-state index contributed by atoms with van der Waals surface area (Å²) in [4.78, 5) is 25.9. The predicted molar refractivity (Wildman–Crippen MR) is 139 cm³/mol. The lowest BCUT2D eigenvalue weighted by molar-refractivity contribution is -0.192. The molecule has 0 aromatic heterocycles. The zero-order chi connectivity index (χ0) is 28.5. The molecule has 9 nitrogen and oxygen atoms in total. The topological polar surface area (TPSA) is 119 Å². The molecule has 1 aliphatic rings. The van der Waals surface area contributed by atoms with Crippen LogP contribution in [0.4, 0.5) is 24.5 Å². The smallest absolute Gasteiger partial charge is 0.475 e. The van der Waals surface area contributed by atoms with Crippen LogP contribution >= 0.6 is 0 Å². The molecule has 1 heterocycles. The molecule has 0 atom stereocenters. The van der Waals surface area contributed by atoms with Crippen molar-refractivity contribution in [3.8, 4) is 0 Å². The number of aliphatic carboxylic acids is 1. The second-order valence-electron chi connectivity index (χ2n) is 8.72. The van der Waals surface area contributed by atoms with Gasteiger partial charge in [0.1, 0.15) is 0 Å². The molecule has 2 aromatic carbocycles. The maximum atomic E-state index is 13.2. The van der Waals surface area contributed by atoms with Crippen LogP contribution < -0.4 is 14.9 Å². The average Bonchev–Trinajstić information content (AvgIpc) is 2.87. The number of unbranched alkanes of at least 4 members (excludes halogenated alkanes) is 1. The van der Waals surface area contributed by atoms with Gasteiger partial charge in [0.25, 0.3) is 15.9 Å². The quantitative estimate of drug-likeness (QED) is 0.452. The third-order valence-corrected chi connectivity index (χ3v) is 7.29. The van der Waals surface area contributed by atoms with Crippen LogP contribution in [0.1, 0.15) is 35.7 Å². The number of halogens is 3. The lowest BCUT2D eigenvalue weighted by Gasteiger charge is -2.31. The minimum absolute atomic E-state index is 0.114. The van der Waals surface area contributed by atoms with Gasteiger partial charge in [0.05, 0.1) is 16.3 Å². The number of carboxylic acid groups (broad SMARTS) is 1. The van der Waals surface area contributed by atoms with Crippen LogP contribution in [0.25, 0.3) is 0 Å². The highest BCUT2D eigenvalue weighted by molar-refractivity contribution is 7.92. The number of rotatable bonds is 8. The van der Waals surface area contributed by atoms with Gasteiger partial charge < -0.3 is 20.2 Å². The maximum Gasteiger partial charge on any atom is 0.490 e. The van der Waals surface area contributed by atoms with E-state index in [1.54, 1.807) is 49.2 Å². The second kappa shape index (κ2) is 13.5. The van der Waals surface area contributed by atoms with E-state index in [1.165, 1.54) is 0 Å². The highest BCUT2D eigenvalue weighted by Crippen LogP contribution is 2.31. The number of benzene rings is 2. The number of carbonyl (C=O) groups excluding carboxylic acids is 1. The van der Waals surface area contributed by atoms with Crippen molar-refractivity contribution in [3.63, 3.8) is 0 Å². The number of alkyl halides is 3. The number of carbonyl (C=O) groups is 2. The molecule has 3 N–H and O–H groups in total. The van der Waals surface area contributed by atoms with E-state index in [-0.39, 0.29) is 10.8 Å². The summed E-state index contributed by atoms with van der Waals surface area (Å²) < 4.78 is 60.8. The van der Waals surface area contributed by atoms with Crippen LogP contribution in [0.2, 0.25) is 0 Å². The second-order valence-corrected chi connectivity index (χ2v) is 10.4. The molecule has 13 heteroatoms. The van der Waals surface area contributed by atoms with E-state index in [4.69, 9.17) is 9.90 Å². The van der Waals surface area contributed by atoms with E-state index in [1.807, 2.05) is 12.1 Å². The molecule has 0 aliphatic carbocycles. The van der Waals surface area contributed by atoms with Crippen molar-refractivity contribution in [1.82, 2.24) is 10.2 Å². The van der Waals surface area contributed by atoms with Crippen molar-refractivity contribution in [1.29, 1.82) is 0 Å². The van der Waals surface area contributed by atoms with E-state index in [0.29, 0.717) is 23.4 Å². The van der Waals surface area contributed by atoms with Crippen LogP contribution in [-0.4, -0.2) is 76.2 Å². The molecule has 0 bridgehead atoms. The Morgan fingerprint density at radius 1 is 1.13 bits per heavy atom. The van der Waals surface area contributed by atoms with Gasteiger partial charge in [-0.05, 0) is 43.2 Å². The minimum atomic E-state index is -5.08. The van der Waals surface area contributed by atoms with Gasteiger partial charge in [-0.3, -0.25) is 9.52 Å². The Morgan fingerprint density at radius 2 is 1.74 bits per heavy atom. The third-order valence-electron chi connectivity index (χ3n) is 5.76. The van der Waals surface area contributed by atoms with Gasteiger partial charge in [-0.1, -0.05) is 31.5 Å². The van der Waals surface area contributed by atoms with Crippen molar-refractivity contribution in [2.45, 2.75) is 37.8 Å². The Kier molecular flexibility index (Phi) is 11.0. The Morgan fingerprint density at radius 3 is 2.29 bits per heavy atom. The van der Waals surface area contributed by atoms with Gasteiger partial charge in [-0.15, -0.1) is 0 Å². The fourth-order valence-electron chi connectivity index (χ4n) is 3.71. The molecular formula is C25H33F3N4O5S. The summed E-state index contributed by atoms with van der Waals surface area (Å²) in [5, 5.41) is 10.4. The third kappa shape index (κ3) is 8.62. The van der Waals surface area contributed by atoms with Crippen LogP contribution in [0.15, 0.2) is 47.4 Å². The first-order chi connectivity index (χ1) is 17.8. The standard InChI is InChI=1S/C23H32N4O3S.C2HF3O2/c1-4-5-14-26(3)23(28)19-10-11-21(27-15-12-24-13-16-27)20(17-19)25-31(29,30)22-9-7-6-8-18(22)2;3-2(4,5)1(6)7/h6-11,17,24-25H,4-5,12-16H2,1-3H3;(H,6,7). The largest absolute Gasteiger partial charge is 0.490 e. The molecule has 0 unspecified atom stereocenters. The van der Waals surface area contributed by atoms with Crippen molar-refractivity contribution in [2.75, 3.05) is 49.4 Å². The molecule has 1 amide bonds. The molecule has 38 heavy (non-hydrogen) atoms. The predicted octanol–water partition coefficient (Wildman–Crippen LogP) is 3.71. The van der Waals surface area contributed by atoms with Gasteiger partial charge >= 0.3 is 12.1 Å². The molecule has 2 aromatic rings. The van der Waals surface area contributed by atoms with E-state index in [0.717, 1.165) is 44.7 Å². The zero-order valence-electron chi connectivity index (χ0n) is 21.5.